The van der Waals surface area contributed by atoms with Gasteiger partial charge in [-0.05, 0) is 38.2 Å². The Hall–Kier alpha value is -0.860. The lowest BCUT2D eigenvalue weighted by molar-refractivity contribution is 0.129. The molecule has 2 atom stereocenters. The van der Waals surface area contributed by atoms with Gasteiger partial charge in [-0.25, -0.2) is 0 Å². The summed E-state index contributed by atoms with van der Waals surface area (Å²) in [6.07, 6.45) is 1.57. The van der Waals surface area contributed by atoms with Crippen LogP contribution in [0.5, 0.6) is 0 Å². The molecule has 1 fully saturated rings. The Balaban J connectivity index is 2.04. The molecule has 1 N–H and O–H groups in total. The normalized spacial score (nSPS) is 22.3. The quantitative estimate of drug-likeness (QED) is 0.848. The summed E-state index contributed by atoms with van der Waals surface area (Å²) in [6.45, 7) is 5.80. The van der Waals surface area contributed by atoms with Crippen molar-refractivity contribution in [1.82, 2.24) is 0 Å². The summed E-state index contributed by atoms with van der Waals surface area (Å²) in [5.41, 5.74) is 3.48. The second-order valence-electron chi connectivity index (χ2n) is 4.90. The van der Waals surface area contributed by atoms with Crippen molar-refractivity contribution in [1.29, 1.82) is 0 Å². The van der Waals surface area contributed by atoms with E-state index in [1.54, 1.807) is 0 Å². The van der Waals surface area contributed by atoms with Gasteiger partial charge >= 0.3 is 0 Å². The van der Waals surface area contributed by atoms with E-state index in [4.69, 9.17) is 4.74 Å². The van der Waals surface area contributed by atoms with Crippen molar-refractivity contribution >= 4 is 0 Å². The van der Waals surface area contributed by atoms with Crippen molar-refractivity contribution < 1.29 is 9.84 Å². The lowest BCUT2D eigenvalue weighted by Gasteiger charge is -2.16. The zero-order valence-corrected chi connectivity index (χ0v) is 10.1. The maximum atomic E-state index is 10.2. The van der Waals surface area contributed by atoms with Gasteiger partial charge in [-0.3, -0.25) is 0 Å². The Bertz CT molecular complexity index is 334. The molecule has 2 nitrogen and oxygen atoms in total. The highest BCUT2D eigenvalue weighted by atomic mass is 16.5. The smallest absolute Gasteiger partial charge is 0.0793 e. The molecule has 0 aliphatic carbocycles. The first-order valence-corrected chi connectivity index (χ1v) is 5.99. The summed E-state index contributed by atoms with van der Waals surface area (Å²) in [7, 11) is 0. The Kier molecular flexibility index (Phi) is 3.62. The van der Waals surface area contributed by atoms with Gasteiger partial charge in [0.15, 0.2) is 0 Å². The summed E-state index contributed by atoms with van der Waals surface area (Å²) in [6, 6.07) is 6.29. The van der Waals surface area contributed by atoms with Crippen molar-refractivity contribution in [2.75, 3.05) is 13.2 Å². The molecule has 0 saturated carbocycles. The van der Waals surface area contributed by atoms with Crippen LogP contribution in [-0.4, -0.2) is 18.3 Å². The lowest BCUT2D eigenvalue weighted by Crippen LogP contribution is -2.07. The van der Waals surface area contributed by atoms with E-state index in [0.717, 1.165) is 31.6 Å². The fourth-order valence-electron chi connectivity index (χ4n) is 2.42. The molecular formula is C14H20O2. The van der Waals surface area contributed by atoms with E-state index in [1.807, 2.05) is 0 Å². The van der Waals surface area contributed by atoms with E-state index in [0.29, 0.717) is 5.92 Å². The van der Waals surface area contributed by atoms with Crippen LogP contribution in [0, 0.1) is 19.8 Å². The highest BCUT2D eigenvalue weighted by Crippen LogP contribution is 2.27. The largest absolute Gasteiger partial charge is 0.388 e. The molecule has 16 heavy (non-hydrogen) atoms. The van der Waals surface area contributed by atoms with Crippen LogP contribution in [0.3, 0.4) is 0 Å². The molecule has 2 heteroatoms. The van der Waals surface area contributed by atoms with Crippen molar-refractivity contribution in [3.05, 3.63) is 34.9 Å². The minimum Gasteiger partial charge on any atom is -0.388 e. The van der Waals surface area contributed by atoms with Gasteiger partial charge in [0.25, 0.3) is 0 Å². The number of ether oxygens (including phenoxy) is 1. The molecule has 1 aromatic carbocycles. The van der Waals surface area contributed by atoms with Crippen molar-refractivity contribution in [2.45, 2.75) is 32.8 Å². The topological polar surface area (TPSA) is 29.5 Å². The molecule has 1 heterocycles. The molecule has 1 aromatic rings. The standard InChI is InChI=1S/C14H20O2/c1-10-5-11(2)7-13(6-10)14(15)8-12-3-4-16-9-12/h5-7,12,14-15H,3-4,8-9H2,1-2H3. The molecule has 1 aliphatic rings. The molecule has 0 radical (unpaired) electrons. The zero-order valence-electron chi connectivity index (χ0n) is 10.1. The fourth-order valence-corrected chi connectivity index (χ4v) is 2.42. The molecule has 0 aromatic heterocycles. The number of benzene rings is 1. The lowest BCUT2D eigenvalue weighted by atomic mass is 9.94. The Morgan fingerprint density at radius 2 is 2.00 bits per heavy atom. The number of hydrogen-bond acceptors (Lipinski definition) is 2. The number of rotatable bonds is 3. The number of hydrogen-bond donors (Lipinski definition) is 1. The van der Waals surface area contributed by atoms with Crippen LogP contribution in [-0.2, 0) is 4.74 Å². The fraction of sp³-hybridized carbons (Fsp3) is 0.571. The van der Waals surface area contributed by atoms with Crippen LogP contribution in [0.2, 0.25) is 0 Å². The van der Waals surface area contributed by atoms with E-state index in [2.05, 4.69) is 32.0 Å². The Morgan fingerprint density at radius 1 is 1.31 bits per heavy atom. The number of aliphatic hydroxyl groups is 1. The number of aliphatic hydroxyl groups excluding tert-OH is 1. The Labute approximate surface area is 97.3 Å². The average molecular weight is 220 g/mol. The second-order valence-corrected chi connectivity index (χ2v) is 4.90. The van der Waals surface area contributed by atoms with Gasteiger partial charge < -0.3 is 9.84 Å². The summed E-state index contributed by atoms with van der Waals surface area (Å²) in [5, 5.41) is 10.2. The third-order valence-electron chi connectivity index (χ3n) is 3.21. The van der Waals surface area contributed by atoms with Crippen molar-refractivity contribution in [3.8, 4) is 0 Å². The number of aryl methyl sites for hydroxylation is 2. The average Bonchev–Trinajstić information content (AvgIpc) is 2.68. The highest BCUT2D eigenvalue weighted by molar-refractivity contribution is 5.29. The molecule has 88 valence electrons. The van der Waals surface area contributed by atoms with E-state index in [1.165, 1.54) is 11.1 Å². The van der Waals surface area contributed by atoms with E-state index >= 15 is 0 Å². The summed E-state index contributed by atoms with van der Waals surface area (Å²) >= 11 is 0. The van der Waals surface area contributed by atoms with Crippen LogP contribution in [0.4, 0.5) is 0 Å². The maximum absolute atomic E-state index is 10.2. The van der Waals surface area contributed by atoms with Crippen molar-refractivity contribution in [3.63, 3.8) is 0 Å². The van der Waals surface area contributed by atoms with Crippen LogP contribution in [0.1, 0.15) is 35.6 Å². The van der Waals surface area contributed by atoms with Gasteiger partial charge in [0.05, 0.1) is 6.10 Å². The van der Waals surface area contributed by atoms with Crippen LogP contribution < -0.4 is 0 Å². The summed E-state index contributed by atoms with van der Waals surface area (Å²) in [4.78, 5) is 0. The summed E-state index contributed by atoms with van der Waals surface area (Å²) in [5.74, 6) is 0.524. The third-order valence-corrected chi connectivity index (χ3v) is 3.21. The molecule has 0 bridgehead atoms. The van der Waals surface area contributed by atoms with Gasteiger partial charge in [-0.15, -0.1) is 0 Å². The van der Waals surface area contributed by atoms with Gasteiger partial charge in [0.2, 0.25) is 0 Å². The highest BCUT2D eigenvalue weighted by Gasteiger charge is 2.20. The van der Waals surface area contributed by atoms with Gasteiger partial charge in [-0.2, -0.15) is 0 Å². The molecule has 2 unspecified atom stereocenters. The molecular weight excluding hydrogens is 200 g/mol. The van der Waals surface area contributed by atoms with Crippen molar-refractivity contribution in [2.24, 2.45) is 5.92 Å². The Morgan fingerprint density at radius 3 is 2.56 bits per heavy atom. The minimum atomic E-state index is -0.342. The summed E-state index contributed by atoms with van der Waals surface area (Å²) < 4.78 is 5.33. The third kappa shape index (κ3) is 2.83. The zero-order chi connectivity index (χ0) is 11.5. The van der Waals surface area contributed by atoms with Crippen LogP contribution in [0.25, 0.3) is 0 Å². The van der Waals surface area contributed by atoms with E-state index in [9.17, 15) is 5.11 Å². The first-order valence-electron chi connectivity index (χ1n) is 5.99. The predicted molar refractivity (Wildman–Crippen MR) is 64.4 cm³/mol. The molecule has 1 aliphatic heterocycles. The van der Waals surface area contributed by atoms with E-state index < -0.39 is 0 Å². The predicted octanol–water partition coefficient (Wildman–Crippen LogP) is 2.76. The minimum absolute atomic E-state index is 0.342. The van der Waals surface area contributed by atoms with Crippen LogP contribution in [0.15, 0.2) is 18.2 Å². The first-order chi connectivity index (χ1) is 7.65. The molecule has 0 amide bonds. The maximum Gasteiger partial charge on any atom is 0.0793 e. The SMILES string of the molecule is Cc1cc(C)cc(C(O)CC2CCOC2)c1. The molecule has 1 saturated heterocycles. The van der Waals surface area contributed by atoms with Gasteiger partial charge in [0.1, 0.15) is 0 Å². The first kappa shape index (κ1) is 11.6. The van der Waals surface area contributed by atoms with Crippen LogP contribution >= 0.6 is 0 Å². The van der Waals surface area contributed by atoms with Gasteiger partial charge in [0, 0.05) is 13.2 Å². The second kappa shape index (κ2) is 4.98. The molecule has 0 spiro atoms. The van der Waals surface area contributed by atoms with Gasteiger partial charge in [-0.1, -0.05) is 29.3 Å². The molecule has 2 rings (SSSR count). The monoisotopic (exact) mass is 220 g/mol. The van der Waals surface area contributed by atoms with E-state index in [-0.39, 0.29) is 6.10 Å².